The lowest BCUT2D eigenvalue weighted by atomic mass is 10.0. The fourth-order valence-corrected chi connectivity index (χ4v) is 3.74. The number of rotatable bonds is 1. The number of aliphatic hydroxyl groups is 2. The summed E-state index contributed by atoms with van der Waals surface area (Å²) in [6, 6.07) is 14.6. The third kappa shape index (κ3) is 11.7. The highest BCUT2D eigenvalue weighted by atomic mass is 19.3. The largest absolute Gasteiger partial charge is 0.400 e. The zero-order chi connectivity index (χ0) is 28.3. The number of hydrogen-bond acceptors (Lipinski definition) is 4. The van der Waals surface area contributed by atoms with Gasteiger partial charge in [-0.1, -0.05) is 61.4 Å². The molecule has 202 valence electrons. The fraction of sp³-hybridized carbons (Fsp3) is 0.483. The van der Waals surface area contributed by atoms with Crippen molar-refractivity contribution in [3.05, 3.63) is 65.2 Å². The van der Waals surface area contributed by atoms with Crippen LogP contribution < -0.4 is 5.73 Å². The maximum Gasteiger partial charge on any atom is 0.268 e. The molecular formula is C29H45F2N3O2. The SMILES string of the molecule is C#CC.CC.CCO.CO.Cc1ccc(C)cc1.N=C(c1ccccc1N)N1CC2CC1C(F)(F)C2. The predicted octanol–water partition coefficient (Wildman–Crippen LogP) is 5.90. The summed E-state index contributed by atoms with van der Waals surface area (Å²) in [4.78, 5) is 1.51. The molecule has 1 saturated carbocycles. The summed E-state index contributed by atoms with van der Waals surface area (Å²) in [5.74, 6) is -0.283. The zero-order valence-electron chi connectivity index (χ0n) is 22.9. The van der Waals surface area contributed by atoms with Crippen molar-refractivity contribution in [1.29, 1.82) is 5.41 Å². The van der Waals surface area contributed by atoms with E-state index in [1.807, 2.05) is 13.8 Å². The number of hydrogen-bond donors (Lipinski definition) is 4. The van der Waals surface area contributed by atoms with Crippen LogP contribution in [0, 0.1) is 37.5 Å². The zero-order valence-corrected chi connectivity index (χ0v) is 22.9. The lowest BCUT2D eigenvalue weighted by Gasteiger charge is -2.35. The monoisotopic (exact) mass is 505 g/mol. The molecule has 2 unspecified atom stereocenters. The Hall–Kier alpha value is -2.95. The average Bonchev–Trinajstić information content (AvgIpc) is 3.42. The van der Waals surface area contributed by atoms with Crippen LogP contribution in [0.15, 0.2) is 48.5 Å². The molecule has 2 fully saturated rings. The number of nitrogen functional groups attached to an aromatic ring is 1. The summed E-state index contributed by atoms with van der Waals surface area (Å²) >= 11 is 0. The summed E-state index contributed by atoms with van der Waals surface area (Å²) < 4.78 is 27.4. The Kier molecular flexibility index (Phi) is 18.8. The number of nitrogens with zero attached hydrogens (tertiary/aromatic N) is 1. The van der Waals surface area contributed by atoms with Gasteiger partial charge in [0.2, 0.25) is 0 Å². The minimum absolute atomic E-state index is 0.00952. The number of likely N-dealkylation sites (tertiary alicyclic amines) is 1. The summed E-state index contributed by atoms with van der Waals surface area (Å²) in [5.41, 5.74) is 9.47. The van der Waals surface area contributed by atoms with Gasteiger partial charge < -0.3 is 20.8 Å². The van der Waals surface area contributed by atoms with E-state index in [9.17, 15) is 8.78 Å². The normalized spacial score (nSPS) is 17.4. The van der Waals surface area contributed by atoms with Crippen molar-refractivity contribution >= 4 is 11.5 Å². The summed E-state index contributed by atoms with van der Waals surface area (Å²) in [7, 11) is 1.00. The molecule has 2 aromatic carbocycles. The molecule has 1 aliphatic heterocycles. The molecule has 0 spiro atoms. The molecule has 2 aliphatic rings. The fourth-order valence-electron chi connectivity index (χ4n) is 3.74. The Labute approximate surface area is 216 Å². The van der Waals surface area contributed by atoms with Gasteiger partial charge in [0.1, 0.15) is 5.84 Å². The van der Waals surface area contributed by atoms with Crippen molar-refractivity contribution < 1.29 is 19.0 Å². The summed E-state index contributed by atoms with van der Waals surface area (Å²) in [6.07, 6.45) is 5.05. The Balaban J connectivity index is 0. The lowest BCUT2D eigenvalue weighted by molar-refractivity contribution is -0.0586. The smallest absolute Gasteiger partial charge is 0.268 e. The van der Waals surface area contributed by atoms with Crippen LogP contribution in [-0.4, -0.2) is 53.2 Å². The Morgan fingerprint density at radius 2 is 1.53 bits per heavy atom. The number of nitrogens with two attached hydrogens (primary N) is 1. The van der Waals surface area contributed by atoms with Gasteiger partial charge in [0.25, 0.3) is 5.92 Å². The number of terminal acetylenes is 1. The molecular weight excluding hydrogens is 460 g/mol. The molecule has 2 atom stereocenters. The first-order chi connectivity index (χ1) is 17.1. The van der Waals surface area contributed by atoms with Crippen LogP contribution in [0.3, 0.4) is 0 Å². The number of halogens is 2. The number of fused-ring (bicyclic) bond motifs is 2. The van der Waals surface area contributed by atoms with Crippen LogP contribution in [0.25, 0.3) is 0 Å². The molecule has 0 amide bonds. The van der Waals surface area contributed by atoms with E-state index >= 15 is 0 Å². The third-order valence-corrected chi connectivity index (χ3v) is 5.16. The van der Waals surface area contributed by atoms with Crippen LogP contribution in [0.1, 0.15) is 57.2 Å². The van der Waals surface area contributed by atoms with Gasteiger partial charge >= 0.3 is 0 Å². The second kappa shape index (κ2) is 19.3. The molecule has 2 aromatic rings. The van der Waals surface area contributed by atoms with Crippen LogP contribution >= 0.6 is 0 Å². The van der Waals surface area contributed by atoms with E-state index in [1.165, 1.54) is 16.0 Å². The highest BCUT2D eigenvalue weighted by Crippen LogP contribution is 2.48. The minimum atomic E-state index is -2.67. The number of aliphatic hydroxyl groups excluding tert-OH is 2. The van der Waals surface area contributed by atoms with Crippen molar-refractivity contribution in [2.75, 3.05) is 26.0 Å². The molecule has 5 nitrogen and oxygen atoms in total. The summed E-state index contributed by atoms with van der Waals surface area (Å²) in [6.45, 7) is 12.3. The third-order valence-electron chi connectivity index (χ3n) is 5.16. The quantitative estimate of drug-likeness (QED) is 0.168. The lowest BCUT2D eigenvalue weighted by Crippen LogP contribution is -2.48. The molecule has 1 heterocycles. The number of piperidine rings is 1. The average molecular weight is 506 g/mol. The molecule has 4 rings (SSSR count). The Morgan fingerprint density at radius 3 is 1.89 bits per heavy atom. The first kappa shape index (κ1) is 35.2. The molecule has 5 N–H and O–H groups in total. The Morgan fingerprint density at radius 1 is 1.11 bits per heavy atom. The van der Waals surface area contributed by atoms with Gasteiger partial charge in [-0.3, -0.25) is 5.41 Å². The number of alkyl halides is 2. The molecule has 1 saturated heterocycles. The van der Waals surface area contributed by atoms with Gasteiger partial charge in [0.15, 0.2) is 0 Å². The van der Waals surface area contributed by atoms with Crippen molar-refractivity contribution in [3.63, 3.8) is 0 Å². The Bertz CT molecular complexity index is 875. The van der Waals surface area contributed by atoms with Crippen LogP contribution in [0.2, 0.25) is 0 Å². The van der Waals surface area contributed by atoms with Gasteiger partial charge in [0.05, 0.1) is 6.04 Å². The highest BCUT2D eigenvalue weighted by Gasteiger charge is 2.57. The number of benzene rings is 2. The van der Waals surface area contributed by atoms with Crippen molar-refractivity contribution in [1.82, 2.24) is 4.90 Å². The van der Waals surface area contributed by atoms with Gasteiger partial charge in [-0.2, -0.15) is 0 Å². The topological polar surface area (TPSA) is 93.6 Å². The second-order valence-electron chi connectivity index (χ2n) is 7.93. The molecule has 0 aromatic heterocycles. The van der Waals surface area contributed by atoms with E-state index in [1.54, 1.807) is 38.1 Å². The van der Waals surface area contributed by atoms with E-state index in [0.717, 1.165) is 7.11 Å². The summed E-state index contributed by atoms with van der Waals surface area (Å²) in [5, 5.41) is 22.7. The number of para-hydroxylation sites is 1. The van der Waals surface area contributed by atoms with Gasteiger partial charge in [0, 0.05) is 37.9 Å². The molecule has 0 radical (unpaired) electrons. The van der Waals surface area contributed by atoms with Crippen molar-refractivity contribution in [2.24, 2.45) is 5.92 Å². The number of aryl methyl sites for hydroxylation is 2. The van der Waals surface area contributed by atoms with Gasteiger partial charge in [-0.05, 0) is 52.2 Å². The molecule has 1 aliphatic carbocycles. The van der Waals surface area contributed by atoms with Crippen LogP contribution in [-0.2, 0) is 0 Å². The van der Waals surface area contributed by atoms with E-state index in [4.69, 9.17) is 21.4 Å². The second-order valence-corrected chi connectivity index (χ2v) is 7.93. The maximum absolute atomic E-state index is 13.7. The standard InChI is InChI=1S/C13H15F2N3.C8H10.C3H4.C2H6O.C2H6.CH4O/c14-13(15)6-8-5-11(13)18(7-8)12(17)9-3-1-2-4-10(9)16;1-7-3-5-8(2)6-4-7;1-3-2;1-2-3;2*1-2/h1-4,8,11,17H,5-7,16H2;3-6H,1-2H3;1H,2H3;3H,2H2,1H3;1-2H3;2H,1H3. The molecule has 7 heteroatoms. The first-order valence-electron chi connectivity index (χ1n) is 12.1. The van der Waals surface area contributed by atoms with E-state index < -0.39 is 12.0 Å². The maximum atomic E-state index is 13.7. The van der Waals surface area contributed by atoms with Crippen molar-refractivity contribution in [2.45, 2.75) is 66.3 Å². The predicted molar refractivity (Wildman–Crippen MR) is 149 cm³/mol. The molecule has 36 heavy (non-hydrogen) atoms. The minimum Gasteiger partial charge on any atom is -0.400 e. The number of anilines is 1. The number of amidine groups is 1. The van der Waals surface area contributed by atoms with E-state index in [2.05, 4.69) is 50.5 Å². The van der Waals surface area contributed by atoms with Gasteiger partial charge in [-0.15, -0.1) is 12.3 Å². The van der Waals surface area contributed by atoms with Crippen LogP contribution in [0.5, 0.6) is 0 Å². The van der Waals surface area contributed by atoms with Gasteiger partial charge in [-0.25, -0.2) is 8.78 Å². The highest BCUT2D eigenvalue weighted by molar-refractivity contribution is 6.01. The number of nitrogens with one attached hydrogen (secondary N) is 1. The first-order valence-corrected chi connectivity index (χ1v) is 12.1. The van der Waals surface area contributed by atoms with Crippen molar-refractivity contribution in [3.8, 4) is 12.3 Å². The van der Waals surface area contributed by atoms with E-state index in [0.29, 0.717) is 24.2 Å². The van der Waals surface area contributed by atoms with Crippen LogP contribution in [0.4, 0.5) is 14.5 Å². The molecule has 2 bridgehead atoms. The van der Waals surface area contributed by atoms with E-state index in [-0.39, 0.29) is 24.8 Å².